The van der Waals surface area contributed by atoms with Crippen LogP contribution in [0.3, 0.4) is 0 Å². The molecule has 4 aromatic rings. The Morgan fingerprint density at radius 2 is 1.76 bits per heavy atom. The lowest BCUT2D eigenvalue weighted by Gasteiger charge is -2.29. The van der Waals surface area contributed by atoms with Gasteiger partial charge in [0.1, 0.15) is 5.69 Å². The largest absolute Gasteiger partial charge is 0.492 e. The second kappa shape index (κ2) is 12.3. The highest BCUT2D eigenvalue weighted by Gasteiger charge is 2.24. The second-order valence-corrected chi connectivity index (χ2v) is 14.6. The van der Waals surface area contributed by atoms with E-state index in [0.29, 0.717) is 28.7 Å². The zero-order valence-corrected chi connectivity index (χ0v) is 28.0. The smallest absolute Gasteiger partial charge is 0.255 e. The number of piperidine rings is 1. The summed E-state index contributed by atoms with van der Waals surface area (Å²) >= 11 is 0. The maximum atomic E-state index is 13.6. The predicted octanol–water partition coefficient (Wildman–Crippen LogP) is 4.94. The molecule has 45 heavy (non-hydrogen) atoms. The van der Waals surface area contributed by atoms with Crippen molar-refractivity contribution in [3.63, 3.8) is 0 Å². The number of rotatable bonds is 8. The van der Waals surface area contributed by atoms with Gasteiger partial charge in [-0.2, -0.15) is 5.10 Å². The van der Waals surface area contributed by atoms with E-state index in [2.05, 4.69) is 43.9 Å². The molecule has 0 spiro atoms. The minimum Gasteiger partial charge on any atom is -0.492 e. The molecule has 1 aliphatic heterocycles. The van der Waals surface area contributed by atoms with Gasteiger partial charge in [0, 0.05) is 16.8 Å². The van der Waals surface area contributed by atoms with Crippen LogP contribution in [0.4, 0.5) is 11.4 Å². The molecule has 0 atom stereocenters. The third-order valence-corrected chi connectivity index (χ3v) is 8.86. The van der Waals surface area contributed by atoms with E-state index < -0.39 is 10.0 Å². The van der Waals surface area contributed by atoms with Crippen LogP contribution in [0, 0.1) is 13.8 Å². The summed E-state index contributed by atoms with van der Waals surface area (Å²) in [4.78, 5) is 16.0. The maximum Gasteiger partial charge on any atom is 0.255 e. The Kier molecular flexibility index (Phi) is 8.78. The summed E-state index contributed by atoms with van der Waals surface area (Å²) in [5.41, 5.74) is 5.78. The molecule has 0 radical (unpaired) electrons. The molecule has 2 aromatic carbocycles. The summed E-state index contributed by atoms with van der Waals surface area (Å²) in [6.07, 6.45) is 6.89. The van der Waals surface area contributed by atoms with Crippen LogP contribution in [0.2, 0.25) is 0 Å². The van der Waals surface area contributed by atoms with Crippen molar-refractivity contribution in [2.24, 2.45) is 0 Å². The van der Waals surface area contributed by atoms with Crippen LogP contribution >= 0.6 is 0 Å². The molecule has 240 valence electrons. The molecule has 0 aliphatic carbocycles. The number of anilines is 2. The van der Waals surface area contributed by atoms with E-state index in [1.165, 1.54) is 7.11 Å². The highest BCUT2D eigenvalue weighted by Crippen LogP contribution is 2.39. The number of carbonyl (C=O) groups excluding carboxylic acids is 1. The van der Waals surface area contributed by atoms with E-state index in [1.807, 2.05) is 46.2 Å². The molecule has 12 nitrogen and oxygen atoms in total. The molecular weight excluding hydrogens is 592 g/mol. The summed E-state index contributed by atoms with van der Waals surface area (Å²) in [5.74, 6) is -0.173. The molecule has 0 unspecified atom stereocenters. The number of hydrogen-bond donors (Lipinski definition) is 2. The monoisotopic (exact) mass is 634 g/mol. The Bertz CT molecular complexity index is 1830. The third kappa shape index (κ3) is 7.04. The first-order valence-electron chi connectivity index (χ1n) is 14.9. The van der Waals surface area contributed by atoms with Gasteiger partial charge in [0.2, 0.25) is 10.0 Å². The van der Waals surface area contributed by atoms with Crippen molar-refractivity contribution in [3.8, 4) is 22.7 Å². The number of aryl methyl sites for hydroxylation is 1. The summed E-state index contributed by atoms with van der Waals surface area (Å²) in [7, 11) is -0.0260. The first kappa shape index (κ1) is 32.2. The van der Waals surface area contributed by atoms with E-state index in [9.17, 15) is 13.2 Å². The second-order valence-electron chi connectivity index (χ2n) is 12.9. The fraction of sp³-hybridized carbons (Fsp3) is 0.438. The zero-order valence-electron chi connectivity index (χ0n) is 27.2. The van der Waals surface area contributed by atoms with Crippen molar-refractivity contribution in [2.45, 2.75) is 58.9 Å². The van der Waals surface area contributed by atoms with Gasteiger partial charge in [-0.15, -0.1) is 5.10 Å². The quantitative estimate of drug-likeness (QED) is 0.278. The summed E-state index contributed by atoms with van der Waals surface area (Å²) in [6.45, 7) is 12.1. The number of likely N-dealkylation sites (tertiary alicyclic amines) is 1. The minimum absolute atomic E-state index is 0.214. The van der Waals surface area contributed by atoms with Gasteiger partial charge in [0.25, 0.3) is 5.91 Å². The van der Waals surface area contributed by atoms with Gasteiger partial charge in [0.05, 0.1) is 48.9 Å². The maximum absolute atomic E-state index is 13.6. The summed E-state index contributed by atoms with van der Waals surface area (Å²) < 4.78 is 36.1. The molecular formula is C32H42N8O4S. The number of ether oxygens (including phenoxy) is 1. The Hall–Kier alpha value is -4.23. The lowest BCUT2D eigenvalue weighted by atomic mass is 9.86. The van der Waals surface area contributed by atoms with Crippen LogP contribution < -0.4 is 14.8 Å². The average molecular weight is 635 g/mol. The summed E-state index contributed by atoms with van der Waals surface area (Å²) in [6, 6.07) is 9.24. The summed E-state index contributed by atoms with van der Waals surface area (Å²) in [5, 5.41) is 16.5. The van der Waals surface area contributed by atoms with Gasteiger partial charge >= 0.3 is 0 Å². The van der Waals surface area contributed by atoms with E-state index in [4.69, 9.17) is 9.84 Å². The molecule has 1 aliphatic rings. The molecule has 5 rings (SSSR count). The van der Waals surface area contributed by atoms with Crippen molar-refractivity contribution in [1.82, 2.24) is 29.7 Å². The molecule has 1 saturated heterocycles. The Morgan fingerprint density at radius 3 is 2.40 bits per heavy atom. The van der Waals surface area contributed by atoms with Gasteiger partial charge in [0.15, 0.2) is 5.75 Å². The molecule has 2 N–H and O–H groups in total. The number of aromatic nitrogens is 5. The first-order chi connectivity index (χ1) is 21.1. The third-order valence-electron chi connectivity index (χ3n) is 8.27. The van der Waals surface area contributed by atoms with Crippen molar-refractivity contribution in [1.29, 1.82) is 0 Å². The number of amides is 1. The number of carbonyl (C=O) groups is 1. The normalized spacial score (nSPS) is 14.8. The number of nitrogens with zero attached hydrogens (tertiary/aromatic N) is 6. The molecule has 1 amide bonds. The van der Waals surface area contributed by atoms with Crippen LogP contribution in [-0.4, -0.2) is 77.5 Å². The molecule has 2 aromatic heterocycles. The standard InChI is InChI=1S/C32H42N8O4S/c1-20-9-10-22(31(41)34-26-16-23(32(3,4)5)17-27(30(26)44-7)36-45(8,42)43)15-29(20)39-19-28(35-37-39)25-18-33-40(21(25)2)24-11-13-38(6)14-12-24/h9-10,15-19,24,36H,11-14H2,1-8H3,(H,34,41). The Labute approximate surface area is 264 Å². The highest BCUT2D eigenvalue weighted by atomic mass is 32.2. The zero-order chi connectivity index (χ0) is 32.7. The SMILES string of the molecule is COc1c(NC(=O)c2ccc(C)c(-n3cc(-c4cnn(C5CCN(C)CC5)c4C)nn3)c2)cc(C(C)(C)C)cc1NS(C)(=O)=O. The van der Waals surface area contributed by atoms with Gasteiger partial charge in [-0.25, -0.2) is 13.1 Å². The average Bonchev–Trinajstić information content (AvgIpc) is 3.59. The molecule has 3 heterocycles. The fourth-order valence-corrected chi connectivity index (χ4v) is 6.18. The van der Waals surface area contributed by atoms with Gasteiger partial charge in [-0.05, 0) is 87.6 Å². The van der Waals surface area contributed by atoms with Gasteiger partial charge in [-0.3, -0.25) is 14.2 Å². The number of sulfonamides is 1. The van der Waals surface area contributed by atoms with E-state index >= 15 is 0 Å². The van der Waals surface area contributed by atoms with Crippen LogP contribution in [-0.2, 0) is 15.4 Å². The minimum atomic E-state index is -3.60. The number of methoxy groups -OCH3 is 1. The molecule has 0 saturated carbocycles. The fourth-order valence-electron chi connectivity index (χ4n) is 5.63. The van der Waals surface area contributed by atoms with Crippen molar-refractivity contribution < 1.29 is 17.9 Å². The van der Waals surface area contributed by atoms with Crippen molar-refractivity contribution in [2.75, 3.05) is 43.5 Å². The van der Waals surface area contributed by atoms with E-state index in [1.54, 1.807) is 28.9 Å². The Balaban J connectivity index is 1.43. The predicted molar refractivity (Wildman–Crippen MR) is 176 cm³/mol. The highest BCUT2D eigenvalue weighted by molar-refractivity contribution is 7.92. The first-order valence-corrected chi connectivity index (χ1v) is 16.8. The molecule has 1 fully saturated rings. The lowest BCUT2D eigenvalue weighted by Crippen LogP contribution is -2.32. The number of hydrogen-bond acceptors (Lipinski definition) is 8. The van der Waals surface area contributed by atoms with Crippen molar-refractivity contribution in [3.05, 3.63) is 65.1 Å². The van der Waals surface area contributed by atoms with Gasteiger partial charge < -0.3 is 15.0 Å². The Morgan fingerprint density at radius 1 is 1.07 bits per heavy atom. The molecule has 0 bridgehead atoms. The topological polar surface area (TPSA) is 136 Å². The van der Waals surface area contributed by atoms with Crippen molar-refractivity contribution >= 4 is 27.3 Å². The van der Waals surface area contributed by atoms with Crippen LogP contribution in [0.25, 0.3) is 16.9 Å². The lowest BCUT2D eigenvalue weighted by molar-refractivity contribution is 0.102. The van der Waals surface area contributed by atoms with Crippen LogP contribution in [0.5, 0.6) is 5.75 Å². The van der Waals surface area contributed by atoms with Crippen LogP contribution in [0.15, 0.2) is 42.7 Å². The number of benzene rings is 2. The number of nitrogens with one attached hydrogen (secondary N) is 2. The van der Waals surface area contributed by atoms with Gasteiger partial charge in [-0.1, -0.05) is 32.1 Å². The molecule has 13 heteroatoms. The van der Waals surface area contributed by atoms with Crippen LogP contribution in [0.1, 0.15) is 66.8 Å². The van der Waals surface area contributed by atoms with E-state index in [-0.39, 0.29) is 22.8 Å². The van der Waals surface area contributed by atoms with E-state index in [0.717, 1.165) is 54.6 Å².